The fraction of sp³-hybridized carbons (Fsp3) is 0.778. The molecule has 5 unspecified atom stereocenters. The average molecular weight is 251 g/mol. The van der Waals surface area contributed by atoms with Crippen molar-refractivity contribution in [3.63, 3.8) is 0 Å². The van der Waals surface area contributed by atoms with E-state index in [0.29, 0.717) is 0 Å². The average Bonchev–Trinajstić information content (AvgIpc) is 2.24. The first kappa shape index (κ1) is 15.8. The van der Waals surface area contributed by atoms with Crippen LogP contribution >= 0.6 is 0 Å². The molecule has 0 spiro atoms. The molecule has 0 aromatic heterocycles. The summed E-state index contributed by atoms with van der Waals surface area (Å²) >= 11 is 0. The molecule has 0 bridgehead atoms. The molecular formula is C9H17NO7. The maximum Gasteiger partial charge on any atom is 0.335 e. The van der Waals surface area contributed by atoms with E-state index in [-0.39, 0.29) is 0 Å². The van der Waals surface area contributed by atoms with Crippen molar-refractivity contribution in [1.82, 2.24) is 0 Å². The van der Waals surface area contributed by atoms with Crippen molar-refractivity contribution in [2.75, 3.05) is 0 Å². The smallest absolute Gasteiger partial charge is 0.335 e. The molecule has 0 aliphatic carbocycles. The van der Waals surface area contributed by atoms with E-state index in [1.54, 1.807) is 0 Å². The van der Waals surface area contributed by atoms with Gasteiger partial charge in [0.05, 0.1) is 12.2 Å². The Hall–Kier alpha value is -1.22. The van der Waals surface area contributed by atoms with Crippen LogP contribution in [0.5, 0.6) is 0 Å². The Balaban J connectivity index is 4.88. The van der Waals surface area contributed by atoms with Crippen LogP contribution in [0.2, 0.25) is 0 Å². The second-order valence-electron chi connectivity index (χ2n) is 4.17. The SMILES string of the molecule is CC(C(O)C(O)C(=O)O)C(O)C(C)(N)C(=O)O. The number of carboxylic acids is 2. The van der Waals surface area contributed by atoms with Gasteiger partial charge in [-0.1, -0.05) is 6.92 Å². The summed E-state index contributed by atoms with van der Waals surface area (Å²) in [4.78, 5) is 21.2. The fourth-order valence-electron chi connectivity index (χ4n) is 1.29. The zero-order valence-corrected chi connectivity index (χ0v) is 9.44. The summed E-state index contributed by atoms with van der Waals surface area (Å²) in [5.74, 6) is -4.41. The number of rotatable bonds is 6. The summed E-state index contributed by atoms with van der Waals surface area (Å²) in [6, 6.07) is 0. The molecule has 0 fully saturated rings. The van der Waals surface area contributed by atoms with Gasteiger partial charge in [-0.05, 0) is 6.92 Å². The standard InChI is InChI=1S/C9H17NO7/c1-3(4(11)5(12)7(14)15)6(13)9(2,10)8(16)17/h3-6,11-13H,10H2,1-2H3,(H,14,15)(H,16,17). The second-order valence-corrected chi connectivity index (χ2v) is 4.17. The predicted octanol–water partition coefficient (Wildman–Crippen LogP) is -2.41. The minimum Gasteiger partial charge on any atom is -0.480 e. The molecule has 5 atom stereocenters. The first-order valence-electron chi connectivity index (χ1n) is 4.82. The van der Waals surface area contributed by atoms with E-state index in [2.05, 4.69) is 0 Å². The molecule has 0 saturated heterocycles. The van der Waals surface area contributed by atoms with Crippen LogP contribution in [0, 0.1) is 5.92 Å². The van der Waals surface area contributed by atoms with Crippen LogP contribution in [0.15, 0.2) is 0 Å². The zero-order chi connectivity index (χ0) is 14.0. The monoisotopic (exact) mass is 251 g/mol. The molecule has 0 rings (SSSR count). The summed E-state index contributed by atoms with van der Waals surface area (Å²) in [6.45, 7) is 2.21. The highest BCUT2D eigenvalue weighted by molar-refractivity contribution is 5.79. The van der Waals surface area contributed by atoms with E-state index in [4.69, 9.17) is 21.1 Å². The quantitative estimate of drug-likeness (QED) is 0.304. The largest absolute Gasteiger partial charge is 0.480 e. The van der Waals surface area contributed by atoms with E-state index >= 15 is 0 Å². The van der Waals surface area contributed by atoms with Gasteiger partial charge in [0.15, 0.2) is 6.10 Å². The Kier molecular flexibility index (Phi) is 5.02. The van der Waals surface area contributed by atoms with Gasteiger partial charge in [0.1, 0.15) is 5.54 Å². The van der Waals surface area contributed by atoms with E-state index in [9.17, 15) is 19.8 Å². The molecule has 0 aromatic carbocycles. The predicted molar refractivity (Wildman–Crippen MR) is 55.0 cm³/mol. The second kappa shape index (κ2) is 5.41. The minimum absolute atomic E-state index is 1.02. The topological polar surface area (TPSA) is 161 Å². The van der Waals surface area contributed by atoms with Crippen molar-refractivity contribution >= 4 is 11.9 Å². The number of aliphatic hydroxyl groups is 3. The van der Waals surface area contributed by atoms with E-state index in [0.717, 1.165) is 6.92 Å². The Morgan fingerprint density at radius 3 is 1.88 bits per heavy atom. The lowest BCUT2D eigenvalue weighted by molar-refractivity contribution is -0.160. The van der Waals surface area contributed by atoms with Crippen molar-refractivity contribution in [2.45, 2.75) is 37.7 Å². The molecule has 17 heavy (non-hydrogen) atoms. The van der Waals surface area contributed by atoms with Gasteiger partial charge >= 0.3 is 11.9 Å². The first-order chi connectivity index (χ1) is 7.53. The van der Waals surface area contributed by atoms with Gasteiger partial charge in [0.25, 0.3) is 0 Å². The molecular weight excluding hydrogens is 234 g/mol. The van der Waals surface area contributed by atoms with Crippen LogP contribution < -0.4 is 5.73 Å². The maximum absolute atomic E-state index is 10.7. The normalized spacial score (nSPS) is 22.0. The Morgan fingerprint density at radius 2 is 1.59 bits per heavy atom. The third-order valence-corrected chi connectivity index (χ3v) is 2.69. The molecule has 0 aliphatic rings. The van der Waals surface area contributed by atoms with Crippen LogP contribution in [0.25, 0.3) is 0 Å². The van der Waals surface area contributed by atoms with Gasteiger partial charge in [-0.2, -0.15) is 0 Å². The van der Waals surface area contributed by atoms with Crippen LogP contribution in [-0.2, 0) is 9.59 Å². The van der Waals surface area contributed by atoms with Gasteiger partial charge in [-0.25, -0.2) is 4.79 Å². The number of carboxylic acid groups (broad SMARTS) is 2. The van der Waals surface area contributed by atoms with E-state index < -0.39 is 41.7 Å². The van der Waals surface area contributed by atoms with Crippen molar-refractivity contribution in [3.05, 3.63) is 0 Å². The van der Waals surface area contributed by atoms with Gasteiger partial charge in [-0.3, -0.25) is 4.79 Å². The van der Waals surface area contributed by atoms with E-state index in [1.165, 1.54) is 6.92 Å². The summed E-state index contributed by atoms with van der Waals surface area (Å²) in [6.07, 6.45) is -5.67. The number of hydrogen-bond donors (Lipinski definition) is 6. The van der Waals surface area contributed by atoms with Crippen LogP contribution in [0.3, 0.4) is 0 Å². The number of carbonyl (C=O) groups is 2. The highest BCUT2D eigenvalue weighted by Gasteiger charge is 2.44. The molecule has 0 aliphatic heterocycles. The molecule has 0 radical (unpaired) electrons. The Bertz CT molecular complexity index is 304. The molecule has 0 heterocycles. The molecule has 0 aromatic rings. The van der Waals surface area contributed by atoms with Crippen molar-refractivity contribution in [2.24, 2.45) is 11.7 Å². The van der Waals surface area contributed by atoms with Crippen LogP contribution in [0.4, 0.5) is 0 Å². The minimum atomic E-state index is -2.12. The molecule has 0 saturated carbocycles. The van der Waals surface area contributed by atoms with Gasteiger partial charge in [0.2, 0.25) is 0 Å². The lowest BCUT2D eigenvalue weighted by Gasteiger charge is -2.33. The number of aliphatic hydroxyl groups excluding tert-OH is 3. The third kappa shape index (κ3) is 3.37. The summed E-state index contributed by atoms with van der Waals surface area (Å²) in [5.41, 5.74) is 3.27. The highest BCUT2D eigenvalue weighted by Crippen LogP contribution is 2.20. The summed E-state index contributed by atoms with van der Waals surface area (Å²) in [7, 11) is 0. The number of hydrogen-bond acceptors (Lipinski definition) is 6. The maximum atomic E-state index is 10.7. The molecule has 8 nitrogen and oxygen atoms in total. The molecule has 100 valence electrons. The molecule has 8 heteroatoms. The van der Waals surface area contributed by atoms with Gasteiger partial charge in [0, 0.05) is 5.92 Å². The number of aliphatic carboxylic acids is 2. The Morgan fingerprint density at radius 1 is 1.18 bits per heavy atom. The van der Waals surface area contributed by atoms with E-state index in [1.807, 2.05) is 0 Å². The third-order valence-electron chi connectivity index (χ3n) is 2.69. The summed E-state index contributed by atoms with van der Waals surface area (Å²) in [5, 5.41) is 45.4. The van der Waals surface area contributed by atoms with Crippen molar-refractivity contribution in [1.29, 1.82) is 0 Å². The van der Waals surface area contributed by atoms with Crippen LogP contribution in [0.1, 0.15) is 13.8 Å². The zero-order valence-electron chi connectivity index (χ0n) is 9.44. The summed E-state index contributed by atoms with van der Waals surface area (Å²) < 4.78 is 0. The number of nitrogens with two attached hydrogens (primary N) is 1. The van der Waals surface area contributed by atoms with Crippen LogP contribution in [-0.4, -0.2) is 61.3 Å². The Labute approximate surface area is 97.3 Å². The van der Waals surface area contributed by atoms with Crippen molar-refractivity contribution < 1.29 is 35.1 Å². The van der Waals surface area contributed by atoms with Gasteiger partial charge in [-0.15, -0.1) is 0 Å². The van der Waals surface area contributed by atoms with Crippen molar-refractivity contribution in [3.8, 4) is 0 Å². The van der Waals surface area contributed by atoms with Gasteiger partial charge < -0.3 is 31.3 Å². The highest BCUT2D eigenvalue weighted by atomic mass is 16.4. The first-order valence-corrected chi connectivity index (χ1v) is 4.82. The lowest BCUT2D eigenvalue weighted by Crippen LogP contribution is -2.60. The fourth-order valence-corrected chi connectivity index (χ4v) is 1.29. The molecule has 7 N–H and O–H groups in total. The lowest BCUT2D eigenvalue weighted by atomic mass is 9.82. The molecule has 0 amide bonds.